The van der Waals surface area contributed by atoms with Crippen LogP contribution in [0.4, 0.5) is 0 Å². The summed E-state index contributed by atoms with van der Waals surface area (Å²) in [5.74, 6) is 0.165. The first kappa shape index (κ1) is 18.6. The fraction of sp³-hybridized carbons (Fsp3) is 0.526. The molecular formula is C19H24N4O2S2. The van der Waals surface area contributed by atoms with Gasteiger partial charge < -0.3 is 10.2 Å². The van der Waals surface area contributed by atoms with Crippen molar-refractivity contribution in [1.82, 2.24) is 20.1 Å². The van der Waals surface area contributed by atoms with Crippen LogP contribution in [-0.2, 0) is 4.79 Å². The average molecular weight is 405 g/mol. The van der Waals surface area contributed by atoms with E-state index in [0.29, 0.717) is 19.1 Å². The third kappa shape index (κ3) is 4.07. The summed E-state index contributed by atoms with van der Waals surface area (Å²) in [6.07, 6.45) is 2.20. The molecule has 1 saturated heterocycles. The number of piperazine rings is 1. The lowest BCUT2D eigenvalue weighted by Gasteiger charge is -2.37. The van der Waals surface area contributed by atoms with Crippen molar-refractivity contribution in [2.75, 3.05) is 26.2 Å². The van der Waals surface area contributed by atoms with E-state index in [1.807, 2.05) is 36.3 Å². The van der Waals surface area contributed by atoms with Crippen molar-refractivity contribution >= 4 is 34.5 Å². The SMILES string of the molecule is Cc1nc(-c2cccs2)sc1C(=O)N1CCN(C(C)C(=O)NC2CC2)CC1. The van der Waals surface area contributed by atoms with Gasteiger partial charge in [-0.3, -0.25) is 14.5 Å². The van der Waals surface area contributed by atoms with Crippen molar-refractivity contribution in [3.8, 4) is 9.88 Å². The normalized spacial score (nSPS) is 19.1. The van der Waals surface area contributed by atoms with Crippen molar-refractivity contribution in [2.24, 2.45) is 0 Å². The standard InChI is InChI=1S/C19H24N4O2S2/c1-12-16(27-18(20-12)15-4-3-11-26-15)19(25)23-9-7-22(8-10-23)13(2)17(24)21-14-5-6-14/h3-4,11,13-14H,5-10H2,1-2H3,(H,21,24). The lowest BCUT2D eigenvalue weighted by atomic mass is 10.2. The number of aryl methyl sites for hydroxylation is 1. The van der Waals surface area contributed by atoms with Gasteiger partial charge in [0.05, 0.1) is 16.6 Å². The molecule has 3 heterocycles. The number of carbonyl (C=O) groups is 2. The zero-order chi connectivity index (χ0) is 19.0. The lowest BCUT2D eigenvalue weighted by molar-refractivity contribution is -0.126. The number of nitrogens with one attached hydrogen (secondary N) is 1. The van der Waals surface area contributed by atoms with Crippen molar-refractivity contribution in [2.45, 2.75) is 38.8 Å². The second-order valence-electron chi connectivity index (χ2n) is 7.20. The minimum absolute atomic E-state index is 0.0579. The van der Waals surface area contributed by atoms with Crippen molar-refractivity contribution in [3.63, 3.8) is 0 Å². The van der Waals surface area contributed by atoms with Gasteiger partial charge in [0.1, 0.15) is 9.88 Å². The first-order valence-corrected chi connectivity index (χ1v) is 11.1. The molecule has 27 heavy (non-hydrogen) atoms. The molecule has 0 spiro atoms. The molecule has 1 saturated carbocycles. The van der Waals surface area contributed by atoms with Crippen LogP contribution in [0.1, 0.15) is 35.1 Å². The number of carbonyl (C=O) groups excluding carboxylic acids is 2. The smallest absolute Gasteiger partial charge is 0.265 e. The summed E-state index contributed by atoms with van der Waals surface area (Å²) >= 11 is 3.11. The highest BCUT2D eigenvalue weighted by molar-refractivity contribution is 7.22. The molecule has 8 heteroatoms. The third-order valence-corrected chi connectivity index (χ3v) is 7.36. The summed E-state index contributed by atoms with van der Waals surface area (Å²) in [6, 6.07) is 4.27. The molecule has 0 radical (unpaired) electrons. The molecular weight excluding hydrogens is 380 g/mol. The first-order valence-electron chi connectivity index (χ1n) is 9.38. The van der Waals surface area contributed by atoms with Crippen LogP contribution in [0.25, 0.3) is 9.88 Å². The van der Waals surface area contributed by atoms with E-state index >= 15 is 0 Å². The Morgan fingerprint density at radius 3 is 2.63 bits per heavy atom. The summed E-state index contributed by atoms with van der Waals surface area (Å²) < 4.78 is 0. The second kappa shape index (κ2) is 7.69. The molecule has 1 aliphatic heterocycles. The number of amides is 2. The molecule has 2 aliphatic rings. The van der Waals surface area contributed by atoms with Crippen LogP contribution >= 0.6 is 22.7 Å². The van der Waals surface area contributed by atoms with Crippen molar-refractivity contribution in [1.29, 1.82) is 0 Å². The van der Waals surface area contributed by atoms with Crippen LogP contribution in [0.2, 0.25) is 0 Å². The molecule has 6 nitrogen and oxygen atoms in total. The summed E-state index contributed by atoms with van der Waals surface area (Å²) in [5.41, 5.74) is 0.799. The predicted molar refractivity (Wildman–Crippen MR) is 108 cm³/mol. The molecule has 1 atom stereocenters. The van der Waals surface area contributed by atoms with Crippen LogP contribution < -0.4 is 5.32 Å². The minimum Gasteiger partial charge on any atom is -0.352 e. The van der Waals surface area contributed by atoms with E-state index in [4.69, 9.17) is 0 Å². The zero-order valence-corrected chi connectivity index (χ0v) is 17.2. The molecule has 4 rings (SSSR count). The van der Waals surface area contributed by atoms with E-state index in [1.54, 1.807) is 11.3 Å². The van der Waals surface area contributed by atoms with Gasteiger partial charge in [0.2, 0.25) is 5.91 Å². The van der Waals surface area contributed by atoms with Gasteiger partial charge >= 0.3 is 0 Å². The Hall–Kier alpha value is -1.77. The van der Waals surface area contributed by atoms with Crippen LogP contribution in [-0.4, -0.2) is 64.9 Å². The molecule has 144 valence electrons. The van der Waals surface area contributed by atoms with Crippen LogP contribution in [0.5, 0.6) is 0 Å². The first-order chi connectivity index (χ1) is 13.0. The Bertz CT molecular complexity index is 821. The summed E-state index contributed by atoms with van der Waals surface area (Å²) in [4.78, 5) is 35.7. The molecule has 2 aromatic rings. The number of hydrogen-bond donors (Lipinski definition) is 1. The van der Waals surface area contributed by atoms with E-state index in [0.717, 1.165) is 46.4 Å². The van der Waals surface area contributed by atoms with E-state index < -0.39 is 0 Å². The van der Waals surface area contributed by atoms with E-state index in [9.17, 15) is 9.59 Å². The molecule has 2 aromatic heterocycles. The second-order valence-corrected chi connectivity index (χ2v) is 9.14. The van der Waals surface area contributed by atoms with Crippen molar-refractivity contribution in [3.05, 3.63) is 28.1 Å². The molecule has 0 bridgehead atoms. The highest BCUT2D eigenvalue weighted by atomic mass is 32.1. The number of rotatable bonds is 5. The molecule has 1 N–H and O–H groups in total. The van der Waals surface area contributed by atoms with E-state index in [-0.39, 0.29) is 17.9 Å². The molecule has 2 amide bonds. The van der Waals surface area contributed by atoms with Crippen LogP contribution in [0.15, 0.2) is 17.5 Å². The van der Waals surface area contributed by atoms with E-state index in [1.165, 1.54) is 11.3 Å². The zero-order valence-electron chi connectivity index (χ0n) is 15.6. The maximum absolute atomic E-state index is 13.0. The Morgan fingerprint density at radius 2 is 2.00 bits per heavy atom. The fourth-order valence-corrected chi connectivity index (χ4v) is 5.10. The van der Waals surface area contributed by atoms with Gasteiger partial charge in [-0.15, -0.1) is 22.7 Å². The predicted octanol–water partition coefficient (Wildman–Crippen LogP) is 2.60. The van der Waals surface area contributed by atoms with Gasteiger partial charge in [-0.05, 0) is 38.1 Å². The highest BCUT2D eigenvalue weighted by Crippen LogP contribution is 2.32. The van der Waals surface area contributed by atoms with E-state index in [2.05, 4.69) is 15.2 Å². The molecule has 1 unspecified atom stereocenters. The average Bonchev–Trinajstić information content (AvgIpc) is 3.17. The minimum atomic E-state index is -0.140. The summed E-state index contributed by atoms with van der Waals surface area (Å²) in [6.45, 7) is 6.59. The van der Waals surface area contributed by atoms with Crippen LogP contribution in [0, 0.1) is 6.92 Å². The summed E-state index contributed by atoms with van der Waals surface area (Å²) in [5, 5.41) is 6.00. The Balaban J connectivity index is 1.36. The van der Waals surface area contributed by atoms with Gasteiger partial charge in [0, 0.05) is 32.2 Å². The monoisotopic (exact) mass is 404 g/mol. The topological polar surface area (TPSA) is 65.5 Å². The van der Waals surface area contributed by atoms with Gasteiger partial charge in [0.25, 0.3) is 5.91 Å². The number of nitrogens with zero attached hydrogens (tertiary/aromatic N) is 3. The van der Waals surface area contributed by atoms with Gasteiger partial charge in [-0.25, -0.2) is 4.98 Å². The Kier molecular flexibility index (Phi) is 5.29. The third-order valence-electron chi connectivity index (χ3n) is 5.18. The number of aromatic nitrogens is 1. The van der Waals surface area contributed by atoms with Gasteiger partial charge in [-0.2, -0.15) is 0 Å². The maximum atomic E-state index is 13.0. The molecule has 2 fully saturated rings. The number of thiophene rings is 1. The highest BCUT2D eigenvalue weighted by Gasteiger charge is 2.31. The van der Waals surface area contributed by atoms with Gasteiger partial charge in [0.15, 0.2) is 0 Å². The largest absolute Gasteiger partial charge is 0.352 e. The summed E-state index contributed by atoms with van der Waals surface area (Å²) in [7, 11) is 0. The maximum Gasteiger partial charge on any atom is 0.265 e. The van der Waals surface area contributed by atoms with Crippen LogP contribution in [0.3, 0.4) is 0 Å². The van der Waals surface area contributed by atoms with Gasteiger partial charge in [-0.1, -0.05) is 6.07 Å². The quantitative estimate of drug-likeness (QED) is 0.832. The molecule has 1 aliphatic carbocycles. The molecule has 0 aromatic carbocycles. The number of thiazole rings is 1. The van der Waals surface area contributed by atoms with Crippen molar-refractivity contribution < 1.29 is 9.59 Å². The Morgan fingerprint density at radius 1 is 1.26 bits per heavy atom. The fourth-order valence-electron chi connectivity index (χ4n) is 3.27. The number of hydrogen-bond acceptors (Lipinski definition) is 6. The lowest BCUT2D eigenvalue weighted by Crippen LogP contribution is -2.55. The Labute approximate surface area is 167 Å².